The number of carbonyl (C=O) groups excluding carboxylic acids is 4. The Bertz CT molecular complexity index is 1830. The Morgan fingerprint density at radius 3 is 2.57 bits per heavy atom. The molecule has 3 aromatic carbocycles. The van der Waals surface area contributed by atoms with Gasteiger partial charge in [0.25, 0.3) is 11.8 Å². The lowest BCUT2D eigenvalue weighted by molar-refractivity contribution is -0.139. The topological polar surface area (TPSA) is 175 Å². The van der Waals surface area contributed by atoms with Crippen LogP contribution in [0.2, 0.25) is 0 Å². The number of benzene rings is 3. The zero-order valence-corrected chi connectivity index (χ0v) is 23.7. The minimum atomic E-state index is -1.41. The molecular weight excluding hydrogens is 566 g/mol. The highest BCUT2D eigenvalue weighted by Crippen LogP contribution is 2.45. The predicted molar refractivity (Wildman–Crippen MR) is 159 cm³/mol. The minimum Gasteiger partial charge on any atom is -0.497 e. The van der Waals surface area contributed by atoms with Crippen LogP contribution in [0.25, 0.3) is 10.9 Å². The summed E-state index contributed by atoms with van der Waals surface area (Å²) in [4.78, 5) is 70.8. The first-order chi connectivity index (χ1) is 21.2. The molecule has 1 aromatic heterocycles. The van der Waals surface area contributed by atoms with E-state index in [-0.39, 0.29) is 30.5 Å². The van der Waals surface area contributed by atoms with Crippen molar-refractivity contribution >= 4 is 46.3 Å². The number of methoxy groups -OCH3 is 1. The summed E-state index contributed by atoms with van der Waals surface area (Å²) >= 11 is 0. The molecule has 0 aliphatic carbocycles. The van der Waals surface area contributed by atoms with E-state index in [0.717, 1.165) is 32.6 Å². The molecular formula is C32H29N5O7. The second-order valence-electron chi connectivity index (χ2n) is 10.7. The van der Waals surface area contributed by atoms with Crippen molar-refractivity contribution in [2.75, 3.05) is 12.0 Å². The SMILES string of the molecule is COc1cccc([C@H]2c3[nH]c4ccccc4c3C[C@H]3C(=O)N(c4ccccc4C(=O)N[C@H](CCC(N)=O)C(=O)O)C(=O)N23)c1. The largest absolute Gasteiger partial charge is 0.497 e. The van der Waals surface area contributed by atoms with E-state index in [4.69, 9.17) is 10.5 Å². The van der Waals surface area contributed by atoms with Gasteiger partial charge in [-0.1, -0.05) is 42.5 Å². The summed E-state index contributed by atoms with van der Waals surface area (Å²) in [6.07, 6.45) is -0.216. The molecule has 1 fully saturated rings. The number of primary amides is 1. The van der Waals surface area contributed by atoms with E-state index in [0.29, 0.717) is 5.75 Å². The molecule has 0 spiro atoms. The first-order valence-corrected chi connectivity index (χ1v) is 14.0. The highest BCUT2D eigenvalue weighted by molar-refractivity contribution is 6.24. The van der Waals surface area contributed by atoms with Crippen LogP contribution >= 0.6 is 0 Å². The molecule has 224 valence electrons. The number of H-pyrrole nitrogens is 1. The number of amides is 5. The number of rotatable bonds is 9. The van der Waals surface area contributed by atoms with Gasteiger partial charge < -0.3 is 25.9 Å². The number of nitrogens with one attached hydrogen (secondary N) is 2. The number of hydrogen-bond donors (Lipinski definition) is 4. The number of anilines is 1. The van der Waals surface area contributed by atoms with Gasteiger partial charge in [0.15, 0.2) is 0 Å². The number of carbonyl (C=O) groups is 5. The predicted octanol–water partition coefficient (Wildman–Crippen LogP) is 3.11. The number of aliphatic carboxylic acids is 1. The van der Waals surface area contributed by atoms with Crippen molar-refractivity contribution in [3.63, 3.8) is 0 Å². The summed E-state index contributed by atoms with van der Waals surface area (Å²) in [5.41, 5.74) is 8.43. The number of nitrogens with zero attached hydrogens (tertiary/aromatic N) is 2. The number of fused-ring (bicyclic) bond motifs is 4. The molecule has 12 heteroatoms. The van der Waals surface area contributed by atoms with Gasteiger partial charge in [-0.15, -0.1) is 0 Å². The average Bonchev–Trinajstić information content (AvgIpc) is 3.51. The van der Waals surface area contributed by atoms with Crippen molar-refractivity contribution in [3.8, 4) is 5.75 Å². The molecule has 0 saturated carbocycles. The number of carboxylic acid groups (broad SMARTS) is 1. The van der Waals surface area contributed by atoms with Crippen molar-refractivity contribution in [1.82, 2.24) is 15.2 Å². The molecule has 3 atom stereocenters. The highest BCUT2D eigenvalue weighted by Gasteiger charge is 2.53. The first-order valence-electron chi connectivity index (χ1n) is 14.0. The molecule has 6 rings (SSSR count). The summed E-state index contributed by atoms with van der Waals surface area (Å²) in [6.45, 7) is 0. The second-order valence-corrected chi connectivity index (χ2v) is 10.7. The Morgan fingerprint density at radius 2 is 1.82 bits per heavy atom. The van der Waals surface area contributed by atoms with Gasteiger partial charge in [-0.25, -0.2) is 14.5 Å². The number of para-hydroxylation sites is 2. The molecule has 4 aromatic rings. The zero-order chi connectivity index (χ0) is 31.1. The van der Waals surface area contributed by atoms with E-state index < -0.39 is 47.8 Å². The van der Waals surface area contributed by atoms with Gasteiger partial charge in [0.1, 0.15) is 23.9 Å². The van der Waals surface area contributed by atoms with Crippen LogP contribution in [-0.4, -0.2) is 63.9 Å². The van der Waals surface area contributed by atoms with Gasteiger partial charge in [0, 0.05) is 29.4 Å². The fourth-order valence-electron chi connectivity index (χ4n) is 6.09. The first kappa shape index (κ1) is 28.5. The third-order valence-electron chi connectivity index (χ3n) is 8.13. The molecule has 2 aliphatic heterocycles. The fourth-order valence-corrected chi connectivity index (χ4v) is 6.09. The molecule has 0 bridgehead atoms. The van der Waals surface area contributed by atoms with Crippen molar-refractivity contribution in [1.29, 1.82) is 0 Å². The molecule has 0 radical (unpaired) electrons. The van der Waals surface area contributed by atoms with E-state index in [1.165, 1.54) is 17.0 Å². The van der Waals surface area contributed by atoms with Crippen LogP contribution in [0.1, 0.15) is 46.1 Å². The molecule has 2 aliphatic rings. The lowest BCUT2D eigenvalue weighted by Gasteiger charge is -2.36. The standard InChI is InChI=1S/C32H29N5O7/c1-44-18-8-6-7-17(15-18)28-27-21(19-9-2-4-11-22(19)34-27)16-25-30(40)37(32(43)36(25)28)24-12-5-3-10-20(24)29(39)35-23(31(41)42)13-14-26(33)38/h2-12,15,23,25,28,34H,13-14,16H2,1H3,(H2,33,38)(H,35,39)(H,41,42)/t23-,25+,28+/m1/s1. The molecule has 5 amide bonds. The normalized spacial score (nSPS) is 18.1. The number of hydrogen-bond acceptors (Lipinski definition) is 6. The number of urea groups is 1. The van der Waals surface area contributed by atoms with Crippen LogP contribution in [0.3, 0.4) is 0 Å². The maximum Gasteiger partial charge on any atom is 0.332 e. The van der Waals surface area contributed by atoms with E-state index >= 15 is 0 Å². The maximum atomic E-state index is 14.3. The Balaban J connectivity index is 1.41. The summed E-state index contributed by atoms with van der Waals surface area (Å²) in [6, 6.07) is 17.5. The third-order valence-corrected chi connectivity index (χ3v) is 8.13. The van der Waals surface area contributed by atoms with Crippen LogP contribution in [0, 0.1) is 0 Å². The summed E-state index contributed by atoms with van der Waals surface area (Å²) in [5, 5.41) is 12.9. The van der Waals surface area contributed by atoms with Crippen molar-refractivity contribution in [2.24, 2.45) is 5.73 Å². The molecule has 12 nitrogen and oxygen atoms in total. The van der Waals surface area contributed by atoms with Crippen molar-refractivity contribution in [3.05, 3.63) is 95.2 Å². The lowest BCUT2D eigenvalue weighted by Crippen LogP contribution is -2.44. The van der Waals surface area contributed by atoms with E-state index in [1.54, 1.807) is 25.3 Å². The Labute approximate surface area is 251 Å². The zero-order valence-electron chi connectivity index (χ0n) is 23.7. The van der Waals surface area contributed by atoms with Crippen LogP contribution in [0.5, 0.6) is 5.75 Å². The van der Waals surface area contributed by atoms with Gasteiger partial charge >= 0.3 is 12.0 Å². The number of imide groups is 1. The van der Waals surface area contributed by atoms with Crippen LogP contribution in [-0.2, 0) is 20.8 Å². The molecule has 0 unspecified atom stereocenters. The molecule has 44 heavy (non-hydrogen) atoms. The second kappa shape index (κ2) is 11.2. The number of nitrogens with two attached hydrogens (primary N) is 1. The molecule has 5 N–H and O–H groups in total. The van der Waals surface area contributed by atoms with Crippen LogP contribution in [0.4, 0.5) is 10.5 Å². The molecule has 3 heterocycles. The van der Waals surface area contributed by atoms with Gasteiger partial charge in [-0.05, 0) is 47.9 Å². The lowest BCUT2D eigenvalue weighted by atomic mass is 9.89. The van der Waals surface area contributed by atoms with Gasteiger partial charge in [0.2, 0.25) is 5.91 Å². The highest BCUT2D eigenvalue weighted by atomic mass is 16.5. The number of aromatic amines is 1. The van der Waals surface area contributed by atoms with Crippen LogP contribution < -0.4 is 20.7 Å². The van der Waals surface area contributed by atoms with Crippen molar-refractivity contribution in [2.45, 2.75) is 37.4 Å². The molecule has 1 saturated heterocycles. The van der Waals surface area contributed by atoms with E-state index in [1.807, 2.05) is 42.5 Å². The Kier molecular flexibility index (Phi) is 7.25. The minimum absolute atomic E-state index is 0.0198. The summed E-state index contributed by atoms with van der Waals surface area (Å²) in [5.74, 6) is -2.80. The fraction of sp³-hybridized carbons (Fsp3) is 0.219. The smallest absolute Gasteiger partial charge is 0.332 e. The third kappa shape index (κ3) is 4.79. The number of carboxylic acids is 1. The van der Waals surface area contributed by atoms with E-state index in [9.17, 15) is 29.1 Å². The van der Waals surface area contributed by atoms with Gasteiger partial charge in [-0.2, -0.15) is 0 Å². The Morgan fingerprint density at radius 1 is 1.07 bits per heavy atom. The van der Waals surface area contributed by atoms with E-state index in [2.05, 4.69) is 10.3 Å². The van der Waals surface area contributed by atoms with Gasteiger partial charge in [0.05, 0.1) is 18.4 Å². The maximum absolute atomic E-state index is 14.3. The van der Waals surface area contributed by atoms with Crippen molar-refractivity contribution < 1.29 is 33.8 Å². The number of aromatic nitrogens is 1. The quantitative estimate of drug-likeness (QED) is 0.215. The Hall–Kier alpha value is -5.65. The summed E-state index contributed by atoms with van der Waals surface area (Å²) < 4.78 is 5.46. The summed E-state index contributed by atoms with van der Waals surface area (Å²) in [7, 11) is 1.55. The monoisotopic (exact) mass is 595 g/mol. The number of ether oxygens (including phenoxy) is 1. The van der Waals surface area contributed by atoms with Crippen LogP contribution in [0.15, 0.2) is 72.8 Å². The van der Waals surface area contributed by atoms with Gasteiger partial charge in [-0.3, -0.25) is 19.3 Å². The average molecular weight is 596 g/mol.